The number of phenols is 1. The molecular formula is C23H28N5O+. The molecule has 1 N–H and O–H groups in total. The van der Waals surface area contributed by atoms with Crippen molar-refractivity contribution in [3.05, 3.63) is 47.3 Å². The van der Waals surface area contributed by atoms with Gasteiger partial charge in [-0.3, -0.25) is 5.01 Å². The van der Waals surface area contributed by atoms with E-state index in [1.54, 1.807) is 5.01 Å². The quantitative estimate of drug-likeness (QED) is 0.425. The topological polar surface area (TPSA) is 47.9 Å². The first-order valence-corrected chi connectivity index (χ1v) is 10.4. The summed E-state index contributed by atoms with van der Waals surface area (Å²) in [7, 11) is 6.02. The molecule has 3 aromatic rings. The van der Waals surface area contributed by atoms with Crippen molar-refractivity contribution in [3.63, 3.8) is 0 Å². The molecule has 0 spiro atoms. The zero-order valence-corrected chi connectivity index (χ0v) is 17.4. The number of imidazole rings is 1. The molecule has 150 valence electrons. The van der Waals surface area contributed by atoms with E-state index in [0.29, 0.717) is 5.75 Å². The summed E-state index contributed by atoms with van der Waals surface area (Å²) < 4.78 is 4.28. The number of phenolic OH excluding ortho intramolecular Hbond substituents is 1. The third-order valence-corrected chi connectivity index (χ3v) is 6.46. The lowest BCUT2D eigenvalue weighted by atomic mass is 9.90. The maximum atomic E-state index is 11.0. The van der Waals surface area contributed by atoms with Crippen molar-refractivity contribution in [2.75, 3.05) is 30.0 Å². The lowest BCUT2D eigenvalue weighted by molar-refractivity contribution is -0.646. The number of fused-ring (bicyclic) bond motifs is 1. The van der Waals surface area contributed by atoms with Gasteiger partial charge in [0.2, 0.25) is 0 Å². The Morgan fingerprint density at radius 2 is 1.93 bits per heavy atom. The summed E-state index contributed by atoms with van der Waals surface area (Å²) >= 11 is 0. The summed E-state index contributed by atoms with van der Waals surface area (Å²) in [5.74, 6) is 1.39. The van der Waals surface area contributed by atoms with Gasteiger partial charge in [0.1, 0.15) is 17.7 Å². The zero-order chi connectivity index (χ0) is 20.1. The van der Waals surface area contributed by atoms with Gasteiger partial charge in [0, 0.05) is 31.4 Å². The van der Waals surface area contributed by atoms with E-state index in [1.165, 1.54) is 28.7 Å². The van der Waals surface area contributed by atoms with Crippen LogP contribution < -0.4 is 14.5 Å². The number of anilines is 2. The van der Waals surface area contributed by atoms with Crippen LogP contribution in [0.3, 0.4) is 0 Å². The van der Waals surface area contributed by atoms with Gasteiger partial charge in [-0.2, -0.15) is 5.10 Å². The number of benzene rings is 2. The van der Waals surface area contributed by atoms with Gasteiger partial charge >= 0.3 is 5.82 Å². The fourth-order valence-corrected chi connectivity index (χ4v) is 4.95. The summed E-state index contributed by atoms with van der Waals surface area (Å²) in [4.78, 5) is 2.44. The van der Waals surface area contributed by atoms with Crippen molar-refractivity contribution in [2.45, 2.75) is 25.7 Å². The van der Waals surface area contributed by atoms with Crippen molar-refractivity contribution in [1.29, 1.82) is 0 Å². The minimum absolute atomic E-state index is 0.386. The Balaban J connectivity index is 1.53. The van der Waals surface area contributed by atoms with Crippen LogP contribution in [0.15, 0.2) is 35.4 Å². The van der Waals surface area contributed by atoms with Crippen LogP contribution in [-0.4, -0.2) is 36.0 Å². The molecule has 0 bridgehead atoms. The molecule has 1 aromatic heterocycles. The Hall–Kier alpha value is -3.02. The first-order chi connectivity index (χ1) is 14.1. The van der Waals surface area contributed by atoms with Gasteiger partial charge in [0.25, 0.3) is 0 Å². The van der Waals surface area contributed by atoms with E-state index >= 15 is 0 Å². The molecule has 0 saturated heterocycles. The second-order valence-electron chi connectivity index (χ2n) is 8.16. The van der Waals surface area contributed by atoms with Gasteiger partial charge < -0.3 is 10.0 Å². The predicted octanol–water partition coefficient (Wildman–Crippen LogP) is 2.88. The normalized spacial score (nSPS) is 15.9. The highest BCUT2D eigenvalue weighted by Gasteiger charge is 2.28. The SMILES string of the molecule is CN(/N=C/c1n(C)c2ccccc2[n+]1C)c1cc2c3c(c1O)CCCN3CCC2. The highest BCUT2D eigenvalue weighted by atomic mass is 16.3. The Labute approximate surface area is 171 Å². The van der Waals surface area contributed by atoms with E-state index in [9.17, 15) is 5.11 Å². The van der Waals surface area contributed by atoms with E-state index in [2.05, 4.69) is 58.5 Å². The number of nitrogens with zero attached hydrogens (tertiary/aromatic N) is 5. The summed E-state index contributed by atoms with van der Waals surface area (Å²) in [5.41, 5.74) is 6.85. The number of para-hydroxylation sites is 2. The number of hydrogen-bond donors (Lipinski definition) is 1. The molecular weight excluding hydrogens is 362 g/mol. The number of aryl methyl sites for hydroxylation is 3. The highest BCUT2D eigenvalue weighted by molar-refractivity contribution is 5.82. The monoisotopic (exact) mass is 390 g/mol. The van der Waals surface area contributed by atoms with Gasteiger partial charge in [-0.05, 0) is 49.4 Å². The van der Waals surface area contributed by atoms with Crippen LogP contribution in [0.5, 0.6) is 5.75 Å². The number of aromatic hydroxyl groups is 1. The van der Waals surface area contributed by atoms with Crippen molar-refractivity contribution in [2.24, 2.45) is 19.2 Å². The third kappa shape index (κ3) is 2.77. The van der Waals surface area contributed by atoms with Gasteiger partial charge in [-0.1, -0.05) is 12.1 Å². The second-order valence-corrected chi connectivity index (χ2v) is 8.16. The summed E-state index contributed by atoms with van der Waals surface area (Å²) in [5, 5.41) is 17.5. The molecule has 5 rings (SSSR count). The molecule has 2 aliphatic heterocycles. The molecule has 0 amide bonds. The zero-order valence-electron chi connectivity index (χ0n) is 17.4. The largest absolute Gasteiger partial charge is 0.505 e. The average molecular weight is 391 g/mol. The Morgan fingerprint density at radius 3 is 2.72 bits per heavy atom. The van der Waals surface area contributed by atoms with Crippen LogP contribution in [0, 0.1) is 0 Å². The van der Waals surface area contributed by atoms with Crippen LogP contribution in [0.1, 0.15) is 29.8 Å². The number of aromatic nitrogens is 2. The summed E-state index contributed by atoms with van der Waals surface area (Å²) in [6.07, 6.45) is 6.16. The fourth-order valence-electron chi connectivity index (χ4n) is 4.95. The van der Waals surface area contributed by atoms with Gasteiger partial charge in [0.15, 0.2) is 11.0 Å². The number of hydrogen-bond acceptors (Lipinski definition) is 4. The molecule has 3 heterocycles. The van der Waals surface area contributed by atoms with Crippen LogP contribution in [0.25, 0.3) is 11.0 Å². The molecule has 0 unspecified atom stereocenters. The molecule has 0 aliphatic carbocycles. The molecule has 0 radical (unpaired) electrons. The molecule has 2 aromatic carbocycles. The molecule has 0 fully saturated rings. The van der Waals surface area contributed by atoms with E-state index in [4.69, 9.17) is 5.10 Å². The second kappa shape index (κ2) is 6.79. The van der Waals surface area contributed by atoms with Crippen molar-refractivity contribution < 1.29 is 9.67 Å². The lowest BCUT2D eigenvalue weighted by Crippen LogP contribution is -2.34. The fraction of sp³-hybridized carbons (Fsp3) is 0.391. The van der Waals surface area contributed by atoms with E-state index < -0.39 is 0 Å². The van der Waals surface area contributed by atoms with Gasteiger partial charge in [-0.15, -0.1) is 0 Å². The molecule has 6 heteroatoms. The van der Waals surface area contributed by atoms with Crippen molar-refractivity contribution in [3.8, 4) is 5.75 Å². The van der Waals surface area contributed by atoms with E-state index in [-0.39, 0.29) is 0 Å². The maximum Gasteiger partial charge on any atom is 0.302 e. The lowest BCUT2D eigenvalue weighted by Gasteiger charge is -2.38. The highest BCUT2D eigenvalue weighted by Crippen LogP contribution is 2.45. The minimum atomic E-state index is 0.386. The predicted molar refractivity (Wildman–Crippen MR) is 117 cm³/mol. The Bertz CT molecular complexity index is 1090. The molecule has 6 nitrogen and oxygen atoms in total. The first-order valence-electron chi connectivity index (χ1n) is 10.4. The molecule has 29 heavy (non-hydrogen) atoms. The van der Waals surface area contributed by atoms with Crippen LogP contribution in [-0.2, 0) is 26.9 Å². The summed E-state index contributed by atoms with van der Waals surface area (Å²) in [6.45, 7) is 2.20. The standard InChI is InChI=1S/C23H27N5O/c1-25-18-10-4-5-11-19(18)26(2)21(25)15-24-27(3)20-14-16-8-6-12-28-13-7-9-17(22(16)28)23(20)29/h4-5,10-11,14-15H,6-9,12-13H2,1-3H3/p+1. The number of hydrazone groups is 1. The van der Waals surface area contributed by atoms with Crippen LogP contribution in [0.2, 0.25) is 0 Å². The van der Waals surface area contributed by atoms with Crippen LogP contribution in [0.4, 0.5) is 11.4 Å². The number of rotatable bonds is 3. The molecule has 0 atom stereocenters. The van der Waals surface area contributed by atoms with Gasteiger partial charge in [0.05, 0.1) is 14.1 Å². The first kappa shape index (κ1) is 18.0. The smallest absolute Gasteiger partial charge is 0.302 e. The average Bonchev–Trinajstić information content (AvgIpc) is 2.99. The van der Waals surface area contributed by atoms with Crippen molar-refractivity contribution >= 4 is 28.6 Å². The van der Waals surface area contributed by atoms with Gasteiger partial charge in [-0.25, -0.2) is 9.13 Å². The van der Waals surface area contributed by atoms with E-state index in [0.717, 1.165) is 49.4 Å². The minimum Gasteiger partial charge on any atom is -0.505 e. The molecule has 0 saturated carbocycles. The maximum absolute atomic E-state index is 11.0. The Morgan fingerprint density at radius 1 is 1.17 bits per heavy atom. The third-order valence-electron chi connectivity index (χ3n) is 6.46. The van der Waals surface area contributed by atoms with E-state index in [1.807, 2.05) is 13.3 Å². The molecule has 2 aliphatic rings. The summed E-state index contributed by atoms with van der Waals surface area (Å²) in [6, 6.07) is 10.5. The Kier molecular flexibility index (Phi) is 4.23. The van der Waals surface area contributed by atoms with Crippen molar-refractivity contribution in [1.82, 2.24) is 4.57 Å². The van der Waals surface area contributed by atoms with Crippen LogP contribution >= 0.6 is 0 Å².